The Kier molecular flexibility index (Phi) is 3.92. The van der Waals surface area contributed by atoms with E-state index < -0.39 is 12.1 Å². The Morgan fingerprint density at radius 1 is 1.47 bits per heavy atom. The second kappa shape index (κ2) is 4.99. The lowest BCUT2D eigenvalue weighted by Crippen LogP contribution is -2.02. The summed E-state index contributed by atoms with van der Waals surface area (Å²) in [5, 5.41) is 17.1. The van der Waals surface area contributed by atoms with Crippen molar-refractivity contribution in [1.82, 2.24) is 4.98 Å². The van der Waals surface area contributed by atoms with Crippen LogP contribution >= 0.6 is 22.6 Å². The molecule has 1 rings (SSSR count). The summed E-state index contributed by atoms with van der Waals surface area (Å²) < 4.78 is 25.5. The highest BCUT2D eigenvalue weighted by Crippen LogP contribution is 2.24. The Morgan fingerprint density at radius 2 is 2.13 bits per heavy atom. The van der Waals surface area contributed by atoms with Crippen molar-refractivity contribution >= 4 is 22.6 Å². The lowest BCUT2D eigenvalue weighted by molar-refractivity contribution is 0.145. The van der Waals surface area contributed by atoms with Gasteiger partial charge < -0.3 is 0 Å². The van der Waals surface area contributed by atoms with Crippen LogP contribution < -0.4 is 0 Å². The fraction of sp³-hybridized carbons (Fsp3) is 0.222. The number of hydrogen-bond acceptors (Lipinski definition) is 3. The lowest BCUT2D eigenvalue weighted by Gasteiger charge is -2.06. The molecule has 0 aliphatic heterocycles. The van der Waals surface area contributed by atoms with Crippen molar-refractivity contribution in [2.75, 3.05) is 0 Å². The van der Waals surface area contributed by atoms with E-state index in [2.05, 4.69) is 4.98 Å². The molecule has 3 nitrogen and oxygen atoms in total. The van der Waals surface area contributed by atoms with Crippen molar-refractivity contribution in [3.63, 3.8) is 0 Å². The monoisotopic (exact) mass is 319 g/mol. The Morgan fingerprint density at radius 3 is 2.60 bits per heavy atom. The number of aromatic nitrogens is 1. The summed E-state index contributed by atoms with van der Waals surface area (Å²) in [7, 11) is 0. The zero-order valence-corrected chi connectivity index (χ0v) is 9.49. The standard InChI is InChI=1S/C9H4F2IN3/c10-9(11)8-5(1-2-13)3-6(12)7(4-14)15-8/h3,9H,1H2. The van der Waals surface area contributed by atoms with Crippen LogP contribution in [0.5, 0.6) is 0 Å². The van der Waals surface area contributed by atoms with E-state index in [1.165, 1.54) is 6.07 Å². The number of pyridine rings is 1. The molecule has 0 unspecified atom stereocenters. The summed E-state index contributed by atoms with van der Waals surface area (Å²) in [5.74, 6) is 0. The smallest absolute Gasteiger partial charge is 0.235 e. The number of alkyl halides is 2. The van der Waals surface area contributed by atoms with E-state index in [0.717, 1.165) is 0 Å². The van der Waals surface area contributed by atoms with Gasteiger partial charge in [0.1, 0.15) is 11.8 Å². The van der Waals surface area contributed by atoms with Crippen LogP contribution in [-0.2, 0) is 6.42 Å². The van der Waals surface area contributed by atoms with Gasteiger partial charge in [0.2, 0.25) is 0 Å². The minimum Gasteiger partial charge on any atom is -0.235 e. The van der Waals surface area contributed by atoms with Crippen LogP contribution in [0, 0.1) is 26.2 Å². The summed E-state index contributed by atoms with van der Waals surface area (Å²) in [6.07, 6.45) is -2.90. The number of nitrogens with zero attached hydrogens (tertiary/aromatic N) is 3. The van der Waals surface area contributed by atoms with Crippen molar-refractivity contribution in [1.29, 1.82) is 10.5 Å². The van der Waals surface area contributed by atoms with Gasteiger partial charge in [0, 0.05) is 3.57 Å². The summed E-state index contributed by atoms with van der Waals surface area (Å²) in [6.45, 7) is 0. The molecule has 1 aromatic heterocycles. The molecule has 0 aliphatic rings. The highest BCUT2D eigenvalue weighted by Gasteiger charge is 2.17. The third-order valence-electron chi connectivity index (χ3n) is 1.67. The molecule has 0 atom stereocenters. The van der Waals surface area contributed by atoms with Crippen LogP contribution in [0.1, 0.15) is 23.4 Å². The highest BCUT2D eigenvalue weighted by molar-refractivity contribution is 14.1. The van der Waals surface area contributed by atoms with E-state index in [9.17, 15) is 8.78 Å². The molecule has 0 fully saturated rings. The van der Waals surface area contributed by atoms with Gasteiger partial charge in [-0.05, 0) is 34.2 Å². The fourth-order valence-corrected chi connectivity index (χ4v) is 1.65. The molecule has 0 spiro atoms. The third kappa shape index (κ3) is 2.60. The van der Waals surface area contributed by atoms with Crippen LogP contribution in [0.25, 0.3) is 0 Å². The number of halogens is 3. The minimum absolute atomic E-state index is 0.0346. The van der Waals surface area contributed by atoms with E-state index in [4.69, 9.17) is 10.5 Å². The SMILES string of the molecule is N#CCc1cc(I)c(C#N)nc1C(F)F. The van der Waals surface area contributed by atoms with Gasteiger partial charge in [-0.2, -0.15) is 10.5 Å². The van der Waals surface area contributed by atoms with Gasteiger partial charge in [-0.1, -0.05) is 0 Å². The Labute approximate surface area is 98.5 Å². The predicted octanol–water partition coefficient (Wildman–Crippen LogP) is 2.56. The van der Waals surface area contributed by atoms with Crippen molar-refractivity contribution in [2.45, 2.75) is 12.8 Å². The molecule has 0 aromatic carbocycles. The Hall–Kier alpha value is -1.28. The van der Waals surface area contributed by atoms with E-state index in [1.807, 2.05) is 22.6 Å². The van der Waals surface area contributed by atoms with Gasteiger partial charge in [-0.15, -0.1) is 0 Å². The minimum atomic E-state index is -2.77. The average Bonchev–Trinajstić information content (AvgIpc) is 2.18. The molecule has 0 amide bonds. The first kappa shape index (κ1) is 11.8. The first-order valence-electron chi connectivity index (χ1n) is 3.84. The van der Waals surface area contributed by atoms with Crippen molar-refractivity contribution < 1.29 is 8.78 Å². The summed E-state index contributed by atoms with van der Waals surface area (Å²) in [5.41, 5.74) is -0.336. The second-order valence-corrected chi connectivity index (χ2v) is 3.77. The van der Waals surface area contributed by atoms with Gasteiger partial charge in [0.05, 0.1) is 12.5 Å². The molecule has 0 aliphatic carbocycles. The quantitative estimate of drug-likeness (QED) is 0.787. The van der Waals surface area contributed by atoms with Gasteiger partial charge in [-0.3, -0.25) is 0 Å². The zero-order valence-electron chi connectivity index (χ0n) is 7.34. The van der Waals surface area contributed by atoms with Crippen molar-refractivity contribution in [3.05, 3.63) is 26.6 Å². The molecule has 1 aromatic rings. The molecule has 1 heterocycles. The van der Waals surface area contributed by atoms with E-state index >= 15 is 0 Å². The zero-order chi connectivity index (χ0) is 11.4. The summed E-state index contributed by atoms with van der Waals surface area (Å²) in [6, 6.07) is 4.91. The largest absolute Gasteiger partial charge is 0.280 e. The molecule has 0 saturated heterocycles. The summed E-state index contributed by atoms with van der Waals surface area (Å²) >= 11 is 1.83. The maximum Gasteiger partial charge on any atom is 0.280 e. The number of rotatable bonds is 2. The van der Waals surface area contributed by atoms with Gasteiger partial charge in [0.25, 0.3) is 6.43 Å². The first-order chi connectivity index (χ1) is 7.10. The topological polar surface area (TPSA) is 60.5 Å². The average molecular weight is 319 g/mol. The van der Waals surface area contributed by atoms with E-state index in [-0.39, 0.29) is 17.7 Å². The number of hydrogen-bond donors (Lipinski definition) is 0. The van der Waals surface area contributed by atoms with Crippen LogP contribution in [-0.4, -0.2) is 4.98 Å². The Balaban J connectivity index is 3.35. The normalized spacial score (nSPS) is 9.73. The Bertz CT molecular complexity index is 460. The van der Waals surface area contributed by atoms with Gasteiger partial charge in [-0.25, -0.2) is 13.8 Å². The summed E-state index contributed by atoms with van der Waals surface area (Å²) in [4.78, 5) is 3.54. The molecule has 0 bridgehead atoms. The maximum atomic E-state index is 12.5. The molecule has 15 heavy (non-hydrogen) atoms. The molecule has 0 N–H and O–H groups in total. The van der Waals surface area contributed by atoms with Crippen LogP contribution in [0.3, 0.4) is 0 Å². The second-order valence-electron chi connectivity index (χ2n) is 2.61. The van der Waals surface area contributed by atoms with E-state index in [0.29, 0.717) is 3.57 Å². The predicted molar refractivity (Wildman–Crippen MR) is 55.9 cm³/mol. The molecule has 76 valence electrons. The highest BCUT2D eigenvalue weighted by atomic mass is 127. The van der Waals surface area contributed by atoms with Crippen LogP contribution in [0.4, 0.5) is 8.78 Å². The molecule has 0 saturated carbocycles. The lowest BCUT2D eigenvalue weighted by atomic mass is 10.1. The van der Waals surface area contributed by atoms with Crippen molar-refractivity contribution in [2.24, 2.45) is 0 Å². The van der Waals surface area contributed by atoms with Crippen LogP contribution in [0.15, 0.2) is 6.07 Å². The molecule has 6 heteroatoms. The molecule has 0 radical (unpaired) electrons. The fourth-order valence-electron chi connectivity index (χ4n) is 1.04. The van der Waals surface area contributed by atoms with Gasteiger partial charge in [0.15, 0.2) is 5.69 Å². The third-order valence-corrected chi connectivity index (χ3v) is 2.49. The van der Waals surface area contributed by atoms with Crippen molar-refractivity contribution in [3.8, 4) is 12.1 Å². The van der Waals surface area contributed by atoms with Crippen LogP contribution in [0.2, 0.25) is 0 Å². The first-order valence-corrected chi connectivity index (χ1v) is 4.92. The molecular formula is C9H4F2IN3. The molecular weight excluding hydrogens is 315 g/mol. The number of nitriles is 2. The maximum absolute atomic E-state index is 12.5. The van der Waals surface area contributed by atoms with Gasteiger partial charge >= 0.3 is 0 Å². The van der Waals surface area contributed by atoms with E-state index in [1.54, 1.807) is 12.1 Å².